The second-order valence-electron chi connectivity index (χ2n) is 4.26. The minimum atomic E-state index is -0.370. The lowest BCUT2D eigenvalue weighted by molar-refractivity contribution is 0.0595. The van der Waals surface area contributed by atoms with Gasteiger partial charge in [0.2, 0.25) is 0 Å². The van der Waals surface area contributed by atoms with E-state index in [4.69, 9.17) is 0 Å². The largest absolute Gasteiger partial charge is 0.464 e. The predicted molar refractivity (Wildman–Crippen MR) is 76.6 cm³/mol. The highest BCUT2D eigenvalue weighted by molar-refractivity contribution is 7.99. The van der Waals surface area contributed by atoms with E-state index in [9.17, 15) is 4.79 Å². The summed E-state index contributed by atoms with van der Waals surface area (Å²) in [6.07, 6.45) is 3.64. The molecular formula is C12H18N2O2S2. The van der Waals surface area contributed by atoms with E-state index in [-0.39, 0.29) is 5.97 Å². The van der Waals surface area contributed by atoms with Gasteiger partial charge in [-0.3, -0.25) is 0 Å². The van der Waals surface area contributed by atoms with Gasteiger partial charge >= 0.3 is 5.97 Å². The third kappa shape index (κ3) is 3.38. The number of esters is 1. The minimum absolute atomic E-state index is 0.370. The third-order valence-corrected chi connectivity index (χ3v) is 5.02. The monoisotopic (exact) mass is 286 g/mol. The van der Waals surface area contributed by atoms with Crippen LogP contribution in [0.25, 0.3) is 0 Å². The van der Waals surface area contributed by atoms with E-state index in [0.717, 1.165) is 10.4 Å². The number of thiazole rings is 1. The van der Waals surface area contributed by atoms with Gasteiger partial charge in [-0.2, -0.15) is 11.8 Å². The van der Waals surface area contributed by atoms with Crippen LogP contribution in [0.3, 0.4) is 0 Å². The molecule has 0 bridgehead atoms. The summed E-state index contributed by atoms with van der Waals surface area (Å²) < 4.78 is 4.64. The van der Waals surface area contributed by atoms with Crippen LogP contribution in [0.5, 0.6) is 0 Å². The number of rotatable bonds is 5. The van der Waals surface area contributed by atoms with E-state index >= 15 is 0 Å². The molecule has 0 aromatic carbocycles. The van der Waals surface area contributed by atoms with Gasteiger partial charge in [0.1, 0.15) is 0 Å². The Bertz CT molecular complexity index is 409. The van der Waals surface area contributed by atoms with E-state index in [0.29, 0.717) is 11.7 Å². The van der Waals surface area contributed by atoms with Gasteiger partial charge in [-0.05, 0) is 25.0 Å². The third-order valence-electron chi connectivity index (χ3n) is 3.01. The highest BCUT2D eigenvalue weighted by Crippen LogP contribution is 2.32. The number of anilines is 1. The summed E-state index contributed by atoms with van der Waals surface area (Å²) in [6, 6.07) is 0.491. The summed E-state index contributed by atoms with van der Waals surface area (Å²) in [7, 11) is 1.37. The fraction of sp³-hybridized carbons (Fsp3) is 0.667. The van der Waals surface area contributed by atoms with Crippen molar-refractivity contribution in [3.63, 3.8) is 0 Å². The predicted octanol–water partition coefficient (Wildman–Crippen LogP) is 3.02. The van der Waals surface area contributed by atoms with Crippen LogP contribution in [-0.4, -0.2) is 35.1 Å². The highest BCUT2D eigenvalue weighted by Gasteiger charge is 2.25. The van der Waals surface area contributed by atoms with Crippen molar-refractivity contribution in [2.24, 2.45) is 0 Å². The van der Waals surface area contributed by atoms with Gasteiger partial charge in [0.05, 0.1) is 7.11 Å². The number of aromatic nitrogens is 1. The first kappa shape index (κ1) is 13.7. The Balaban J connectivity index is 1.87. The molecule has 1 N–H and O–H groups in total. The molecular weight excluding hydrogens is 268 g/mol. The molecule has 0 saturated heterocycles. The van der Waals surface area contributed by atoms with Crippen molar-refractivity contribution < 1.29 is 9.53 Å². The average Bonchev–Trinajstić information content (AvgIpc) is 2.99. The van der Waals surface area contributed by atoms with Crippen LogP contribution in [0.15, 0.2) is 5.38 Å². The quantitative estimate of drug-likeness (QED) is 0.843. The number of thioether (sulfide) groups is 1. The zero-order valence-corrected chi connectivity index (χ0v) is 12.3. The Morgan fingerprint density at radius 1 is 1.67 bits per heavy atom. The van der Waals surface area contributed by atoms with Crippen molar-refractivity contribution in [1.82, 2.24) is 4.98 Å². The van der Waals surface area contributed by atoms with Crippen molar-refractivity contribution in [3.8, 4) is 0 Å². The topological polar surface area (TPSA) is 51.2 Å². The first-order valence-corrected chi connectivity index (χ1v) is 8.07. The number of ether oxygens (including phenoxy) is 1. The summed E-state index contributed by atoms with van der Waals surface area (Å²) in [4.78, 5) is 15.5. The molecule has 1 fully saturated rings. The molecule has 2 rings (SSSR count). The van der Waals surface area contributed by atoms with E-state index in [1.165, 1.54) is 43.5 Å². The molecule has 1 aliphatic carbocycles. The summed E-state index contributed by atoms with van der Waals surface area (Å²) >= 11 is 3.50. The Morgan fingerprint density at radius 3 is 3.22 bits per heavy atom. The molecule has 1 aliphatic rings. The number of carbonyl (C=O) groups is 1. The van der Waals surface area contributed by atoms with Crippen molar-refractivity contribution in [2.45, 2.75) is 37.5 Å². The number of hydrogen-bond acceptors (Lipinski definition) is 6. The zero-order chi connectivity index (χ0) is 13.0. The summed E-state index contributed by atoms with van der Waals surface area (Å²) in [5.74, 6) is 0.811. The summed E-state index contributed by atoms with van der Waals surface area (Å²) in [5, 5.41) is 6.75. The second-order valence-corrected chi connectivity index (χ2v) is 6.70. The Kier molecular flexibility index (Phi) is 4.88. The van der Waals surface area contributed by atoms with Crippen LogP contribution in [0.1, 0.15) is 36.7 Å². The molecule has 2 unspecified atom stereocenters. The van der Waals surface area contributed by atoms with E-state index in [1.807, 2.05) is 11.8 Å². The molecule has 0 amide bonds. The molecule has 6 heteroatoms. The maximum absolute atomic E-state index is 11.3. The lowest BCUT2D eigenvalue weighted by atomic mass is 10.3. The molecule has 4 nitrogen and oxygen atoms in total. The molecule has 0 aliphatic heterocycles. The Labute approximate surface area is 116 Å². The first-order chi connectivity index (χ1) is 8.72. The molecule has 1 aromatic heterocycles. The zero-order valence-electron chi connectivity index (χ0n) is 10.6. The van der Waals surface area contributed by atoms with Crippen molar-refractivity contribution in [2.75, 3.05) is 18.2 Å². The van der Waals surface area contributed by atoms with Crippen molar-refractivity contribution in [1.29, 1.82) is 0 Å². The van der Waals surface area contributed by atoms with Gasteiger partial charge in [0, 0.05) is 16.7 Å². The fourth-order valence-electron chi connectivity index (χ4n) is 2.17. The van der Waals surface area contributed by atoms with Crippen LogP contribution in [0.2, 0.25) is 0 Å². The SMILES string of the molecule is CCSC1CCC(Nc2nc(C(=O)OC)cs2)C1. The minimum Gasteiger partial charge on any atom is -0.464 e. The molecule has 0 spiro atoms. The van der Waals surface area contributed by atoms with Crippen molar-refractivity contribution >= 4 is 34.2 Å². The van der Waals surface area contributed by atoms with E-state index < -0.39 is 0 Å². The van der Waals surface area contributed by atoms with Crippen LogP contribution in [-0.2, 0) is 4.74 Å². The maximum atomic E-state index is 11.3. The van der Waals surface area contributed by atoms with Crippen LogP contribution >= 0.6 is 23.1 Å². The highest BCUT2D eigenvalue weighted by atomic mass is 32.2. The van der Waals surface area contributed by atoms with Crippen LogP contribution in [0, 0.1) is 0 Å². The normalized spacial score (nSPS) is 23.0. The molecule has 1 heterocycles. The van der Waals surface area contributed by atoms with Gasteiger partial charge < -0.3 is 10.1 Å². The Hall–Kier alpha value is -0.750. The van der Waals surface area contributed by atoms with Crippen LogP contribution in [0.4, 0.5) is 5.13 Å². The fourth-order valence-corrected chi connectivity index (χ4v) is 4.07. The standard InChI is InChI=1S/C12H18N2O2S2/c1-3-17-9-5-4-8(6-9)13-12-14-10(7-18-12)11(15)16-2/h7-9H,3-6H2,1-2H3,(H,13,14). The summed E-state index contributed by atoms with van der Waals surface area (Å²) in [5.41, 5.74) is 0.391. The average molecular weight is 286 g/mol. The smallest absolute Gasteiger partial charge is 0.357 e. The van der Waals surface area contributed by atoms with Gasteiger partial charge in [-0.25, -0.2) is 9.78 Å². The van der Waals surface area contributed by atoms with Gasteiger partial charge in [-0.1, -0.05) is 6.92 Å². The number of hydrogen-bond donors (Lipinski definition) is 1. The molecule has 100 valence electrons. The van der Waals surface area contributed by atoms with Gasteiger partial charge in [-0.15, -0.1) is 11.3 Å². The van der Waals surface area contributed by atoms with Crippen LogP contribution < -0.4 is 5.32 Å². The van der Waals surface area contributed by atoms with Gasteiger partial charge in [0.25, 0.3) is 0 Å². The van der Waals surface area contributed by atoms with E-state index in [1.54, 1.807) is 5.38 Å². The molecule has 1 saturated carbocycles. The molecule has 1 aromatic rings. The summed E-state index contributed by atoms with van der Waals surface area (Å²) in [6.45, 7) is 2.20. The second kappa shape index (κ2) is 6.43. The number of nitrogens with zero attached hydrogens (tertiary/aromatic N) is 1. The van der Waals surface area contributed by atoms with E-state index in [2.05, 4.69) is 22.0 Å². The lowest BCUT2D eigenvalue weighted by Crippen LogP contribution is -2.16. The van der Waals surface area contributed by atoms with Crippen molar-refractivity contribution in [3.05, 3.63) is 11.1 Å². The first-order valence-electron chi connectivity index (χ1n) is 6.15. The number of carbonyl (C=O) groups excluding carboxylic acids is 1. The molecule has 2 atom stereocenters. The number of methoxy groups -OCH3 is 1. The lowest BCUT2D eigenvalue weighted by Gasteiger charge is -2.11. The molecule has 0 radical (unpaired) electrons. The number of nitrogens with one attached hydrogen (secondary N) is 1. The molecule has 18 heavy (non-hydrogen) atoms. The van der Waals surface area contributed by atoms with Gasteiger partial charge in [0.15, 0.2) is 10.8 Å². The maximum Gasteiger partial charge on any atom is 0.357 e. The Morgan fingerprint density at radius 2 is 2.50 bits per heavy atom.